The summed E-state index contributed by atoms with van der Waals surface area (Å²) in [5, 5.41) is 1.39. The third-order valence-electron chi connectivity index (χ3n) is 3.95. The summed E-state index contributed by atoms with van der Waals surface area (Å²) in [5.74, 6) is 0. The van der Waals surface area contributed by atoms with Gasteiger partial charge in [0.15, 0.2) is 0 Å². The molecule has 2 heterocycles. The molecule has 1 fully saturated rings. The molecular weight excluding hydrogens is 208 g/mol. The lowest BCUT2D eigenvalue weighted by atomic mass is 10.1. The molecule has 1 unspecified atom stereocenters. The van der Waals surface area contributed by atoms with Crippen LogP contribution in [0.2, 0.25) is 0 Å². The largest absolute Gasteiger partial charge is 0.361 e. The number of aromatic nitrogens is 1. The fourth-order valence-corrected chi connectivity index (χ4v) is 2.93. The van der Waals surface area contributed by atoms with Gasteiger partial charge in [0, 0.05) is 23.1 Å². The molecule has 17 heavy (non-hydrogen) atoms. The summed E-state index contributed by atoms with van der Waals surface area (Å²) in [6.07, 6.45) is 6.08. The van der Waals surface area contributed by atoms with Crippen molar-refractivity contribution in [3.63, 3.8) is 0 Å². The molecule has 0 amide bonds. The SMILES string of the molecule is CC(Cc1c[nH]c2ccccc12)N1CCCC1. The van der Waals surface area contributed by atoms with Crippen molar-refractivity contribution in [2.45, 2.75) is 32.2 Å². The highest BCUT2D eigenvalue weighted by atomic mass is 15.2. The number of rotatable bonds is 3. The molecule has 0 saturated carbocycles. The molecule has 2 heteroatoms. The molecule has 0 bridgehead atoms. The second kappa shape index (κ2) is 4.53. The van der Waals surface area contributed by atoms with Crippen molar-refractivity contribution in [3.8, 4) is 0 Å². The minimum Gasteiger partial charge on any atom is -0.361 e. The van der Waals surface area contributed by atoms with Crippen LogP contribution in [0.5, 0.6) is 0 Å². The number of hydrogen-bond acceptors (Lipinski definition) is 1. The van der Waals surface area contributed by atoms with Crippen LogP contribution < -0.4 is 0 Å². The summed E-state index contributed by atoms with van der Waals surface area (Å²) < 4.78 is 0. The van der Waals surface area contributed by atoms with E-state index in [2.05, 4.69) is 47.3 Å². The van der Waals surface area contributed by atoms with Gasteiger partial charge in [0.2, 0.25) is 0 Å². The Labute approximate surface area is 103 Å². The van der Waals surface area contributed by atoms with Crippen LogP contribution in [0.25, 0.3) is 10.9 Å². The first-order chi connectivity index (χ1) is 8.34. The van der Waals surface area contributed by atoms with Crippen molar-refractivity contribution in [3.05, 3.63) is 36.0 Å². The Morgan fingerprint density at radius 1 is 1.24 bits per heavy atom. The van der Waals surface area contributed by atoms with Gasteiger partial charge in [0.1, 0.15) is 0 Å². The fourth-order valence-electron chi connectivity index (χ4n) is 2.93. The smallest absolute Gasteiger partial charge is 0.0456 e. The highest BCUT2D eigenvalue weighted by Gasteiger charge is 2.19. The molecule has 1 saturated heterocycles. The maximum atomic E-state index is 3.37. The predicted molar refractivity (Wildman–Crippen MR) is 72.3 cm³/mol. The zero-order valence-electron chi connectivity index (χ0n) is 10.4. The topological polar surface area (TPSA) is 19.0 Å². The third kappa shape index (κ3) is 2.09. The van der Waals surface area contributed by atoms with E-state index in [1.807, 2.05) is 0 Å². The Kier molecular flexibility index (Phi) is 2.89. The minimum absolute atomic E-state index is 0.664. The van der Waals surface area contributed by atoms with Crippen molar-refractivity contribution in [1.29, 1.82) is 0 Å². The summed E-state index contributed by atoms with van der Waals surface area (Å²) in [5.41, 5.74) is 2.72. The van der Waals surface area contributed by atoms with Gasteiger partial charge in [-0.25, -0.2) is 0 Å². The van der Waals surface area contributed by atoms with Gasteiger partial charge in [-0.1, -0.05) is 18.2 Å². The molecule has 90 valence electrons. The van der Waals surface area contributed by atoms with E-state index in [-0.39, 0.29) is 0 Å². The number of nitrogens with zero attached hydrogens (tertiary/aromatic N) is 1. The number of fused-ring (bicyclic) bond motifs is 1. The summed E-state index contributed by atoms with van der Waals surface area (Å²) in [4.78, 5) is 5.98. The van der Waals surface area contributed by atoms with Gasteiger partial charge >= 0.3 is 0 Å². The van der Waals surface area contributed by atoms with E-state index in [1.165, 1.54) is 42.4 Å². The van der Waals surface area contributed by atoms with Gasteiger partial charge in [-0.05, 0) is 50.9 Å². The average molecular weight is 228 g/mol. The van der Waals surface area contributed by atoms with E-state index >= 15 is 0 Å². The lowest BCUT2D eigenvalue weighted by Crippen LogP contribution is -2.31. The number of hydrogen-bond donors (Lipinski definition) is 1. The molecular formula is C15H20N2. The summed E-state index contributed by atoms with van der Waals surface area (Å²) in [7, 11) is 0. The van der Waals surface area contributed by atoms with Gasteiger partial charge in [-0.15, -0.1) is 0 Å². The zero-order valence-corrected chi connectivity index (χ0v) is 10.4. The Morgan fingerprint density at radius 2 is 2.00 bits per heavy atom. The summed E-state index contributed by atoms with van der Waals surface area (Å²) >= 11 is 0. The van der Waals surface area contributed by atoms with Crippen LogP contribution in [0, 0.1) is 0 Å². The van der Waals surface area contributed by atoms with E-state index in [9.17, 15) is 0 Å². The Morgan fingerprint density at radius 3 is 2.82 bits per heavy atom. The van der Waals surface area contributed by atoms with E-state index in [0.717, 1.165) is 6.42 Å². The van der Waals surface area contributed by atoms with E-state index in [4.69, 9.17) is 0 Å². The van der Waals surface area contributed by atoms with Crippen LogP contribution in [-0.4, -0.2) is 29.0 Å². The highest BCUT2D eigenvalue weighted by Crippen LogP contribution is 2.21. The van der Waals surface area contributed by atoms with Crippen molar-refractivity contribution in [2.75, 3.05) is 13.1 Å². The van der Waals surface area contributed by atoms with Crippen LogP contribution in [-0.2, 0) is 6.42 Å². The van der Waals surface area contributed by atoms with Gasteiger partial charge < -0.3 is 9.88 Å². The Balaban J connectivity index is 1.80. The number of aromatic amines is 1. The molecule has 1 N–H and O–H groups in total. The Bertz CT molecular complexity index is 494. The Hall–Kier alpha value is -1.28. The second-order valence-corrected chi connectivity index (χ2v) is 5.16. The molecule has 0 radical (unpaired) electrons. The van der Waals surface area contributed by atoms with Gasteiger partial charge in [0.25, 0.3) is 0 Å². The standard InChI is InChI=1S/C15H20N2/c1-12(17-8-4-5-9-17)10-13-11-16-15-7-3-2-6-14(13)15/h2-3,6-7,11-12,16H,4-5,8-10H2,1H3. The molecule has 2 aromatic rings. The first-order valence-corrected chi connectivity index (χ1v) is 6.63. The first-order valence-electron chi connectivity index (χ1n) is 6.63. The second-order valence-electron chi connectivity index (χ2n) is 5.16. The van der Waals surface area contributed by atoms with Crippen LogP contribution >= 0.6 is 0 Å². The maximum Gasteiger partial charge on any atom is 0.0456 e. The maximum absolute atomic E-state index is 3.37. The highest BCUT2D eigenvalue weighted by molar-refractivity contribution is 5.83. The lowest BCUT2D eigenvalue weighted by molar-refractivity contribution is 0.258. The van der Waals surface area contributed by atoms with Crippen LogP contribution in [0.4, 0.5) is 0 Å². The fraction of sp³-hybridized carbons (Fsp3) is 0.467. The van der Waals surface area contributed by atoms with Gasteiger partial charge in [0.05, 0.1) is 0 Å². The molecule has 3 rings (SSSR count). The van der Waals surface area contributed by atoms with Crippen molar-refractivity contribution in [2.24, 2.45) is 0 Å². The molecule has 1 atom stereocenters. The molecule has 0 aliphatic carbocycles. The predicted octanol–water partition coefficient (Wildman–Crippen LogP) is 3.19. The number of nitrogens with one attached hydrogen (secondary N) is 1. The van der Waals surface area contributed by atoms with Crippen LogP contribution in [0.1, 0.15) is 25.3 Å². The number of likely N-dealkylation sites (tertiary alicyclic amines) is 1. The quantitative estimate of drug-likeness (QED) is 0.854. The first kappa shape index (κ1) is 10.8. The molecule has 2 nitrogen and oxygen atoms in total. The van der Waals surface area contributed by atoms with Gasteiger partial charge in [-0.2, -0.15) is 0 Å². The molecule has 1 aromatic carbocycles. The van der Waals surface area contributed by atoms with Crippen LogP contribution in [0.15, 0.2) is 30.5 Å². The molecule has 1 aromatic heterocycles. The summed E-state index contributed by atoms with van der Waals surface area (Å²) in [6, 6.07) is 9.25. The molecule has 1 aliphatic rings. The molecule has 0 spiro atoms. The molecule has 1 aliphatic heterocycles. The third-order valence-corrected chi connectivity index (χ3v) is 3.95. The normalized spacial score (nSPS) is 18.9. The van der Waals surface area contributed by atoms with Gasteiger partial charge in [-0.3, -0.25) is 0 Å². The van der Waals surface area contributed by atoms with E-state index < -0.39 is 0 Å². The lowest BCUT2D eigenvalue weighted by Gasteiger charge is -2.23. The van der Waals surface area contributed by atoms with E-state index in [1.54, 1.807) is 0 Å². The van der Waals surface area contributed by atoms with E-state index in [0.29, 0.717) is 6.04 Å². The van der Waals surface area contributed by atoms with Crippen molar-refractivity contribution < 1.29 is 0 Å². The zero-order chi connectivity index (χ0) is 11.7. The number of benzene rings is 1. The van der Waals surface area contributed by atoms with Crippen molar-refractivity contribution in [1.82, 2.24) is 9.88 Å². The minimum atomic E-state index is 0.664. The number of H-pyrrole nitrogens is 1. The average Bonchev–Trinajstić information content (AvgIpc) is 2.98. The number of para-hydroxylation sites is 1. The monoisotopic (exact) mass is 228 g/mol. The van der Waals surface area contributed by atoms with Crippen LogP contribution in [0.3, 0.4) is 0 Å². The summed E-state index contributed by atoms with van der Waals surface area (Å²) in [6.45, 7) is 4.92. The van der Waals surface area contributed by atoms with Crippen molar-refractivity contribution >= 4 is 10.9 Å².